The fraction of sp³-hybridized carbons (Fsp3) is 0.641. The fourth-order valence-electron chi connectivity index (χ4n) is 8.30. The van der Waals surface area contributed by atoms with E-state index in [1.165, 1.54) is 4.90 Å². The lowest BCUT2D eigenvalue weighted by Crippen LogP contribution is -2.58. The number of aromatic nitrogens is 2. The van der Waals surface area contributed by atoms with Crippen molar-refractivity contribution in [1.29, 1.82) is 0 Å². The van der Waals surface area contributed by atoms with Crippen molar-refractivity contribution in [3.63, 3.8) is 0 Å². The summed E-state index contributed by atoms with van der Waals surface area (Å²) < 4.78 is 45.8. The summed E-state index contributed by atoms with van der Waals surface area (Å²) in [5.74, 6) is -1.05. The lowest BCUT2D eigenvalue weighted by Gasteiger charge is -2.29. The Balaban J connectivity index is 1.13. The van der Waals surface area contributed by atoms with Crippen molar-refractivity contribution in [1.82, 2.24) is 30.2 Å². The molecule has 15 nitrogen and oxygen atoms in total. The minimum Gasteiger partial charge on any atom is -0.497 e. The van der Waals surface area contributed by atoms with Crippen molar-refractivity contribution < 1.29 is 41.8 Å². The Hall–Kier alpha value is -4.47. The zero-order valence-electron chi connectivity index (χ0n) is 31.2. The number of benzene rings is 1. The van der Waals surface area contributed by atoms with Crippen LogP contribution in [0.4, 0.5) is 4.79 Å². The molecule has 4 heterocycles. The number of sulfonamides is 1. The highest BCUT2D eigenvalue weighted by Gasteiger charge is 2.62. The molecular weight excluding hydrogens is 729 g/mol. The van der Waals surface area contributed by atoms with E-state index in [1.807, 2.05) is 24.3 Å². The van der Waals surface area contributed by atoms with E-state index < -0.39 is 68.7 Å². The third kappa shape index (κ3) is 8.24. The molecule has 0 radical (unpaired) electrons. The van der Waals surface area contributed by atoms with Gasteiger partial charge in [-0.2, -0.15) is 0 Å². The van der Waals surface area contributed by atoms with Crippen molar-refractivity contribution in [3.05, 3.63) is 36.0 Å². The molecule has 4 fully saturated rings. The third-order valence-corrected chi connectivity index (χ3v) is 13.7. The maximum Gasteiger partial charge on any atom is 0.408 e. The number of allylic oxidation sites excluding steroid dienone is 1. The predicted molar refractivity (Wildman–Crippen MR) is 199 cm³/mol. The number of alkyl carbamates (subject to hydrolysis) is 1. The molecule has 3 aliphatic carbocycles. The first-order chi connectivity index (χ1) is 26.5. The molecule has 0 unspecified atom stereocenters. The molecule has 55 heavy (non-hydrogen) atoms. The molecule has 3 N–H and O–H groups in total. The smallest absolute Gasteiger partial charge is 0.408 e. The highest BCUT2D eigenvalue weighted by atomic mass is 32.2. The van der Waals surface area contributed by atoms with Gasteiger partial charge in [-0.25, -0.2) is 23.2 Å². The third-order valence-electron chi connectivity index (χ3n) is 11.9. The van der Waals surface area contributed by atoms with Crippen LogP contribution in [0.3, 0.4) is 0 Å². The van der Waals surface area contributed by atoms with Gasteiger partial charge in [0.05, 0.1) is 29.9 Å². The van der Waals surface area contributed by atoms with Crippen LogP contribution in [0.5, 0.6) is 11.6 Å². The van der Waals surface area contributed by atoms with Gasteiger partial charge in [-0.15, -0.1) is 0 Å². The summed E-state index contributed by atoms with van der Waals surface area (Å²) in [7, 11) is -2.31. The molecule has 2 aromatic rings. The fourth-order valence-corrected chi connectivity index (χ4v) is 9.67. The number of carbonyl (C=O) groups is 4. The van der Waals surface area contributed by atoms with Gasteiger partial charge >= 0.3 is 6.09 Å². The summed E-state index contributed by atoms with van der Waals surface area (Å²) >= 11 is 0. The largest absolute Gasteiger partial charge is 0.497 e. The van der Waals surface area contributed by atoms with Gasteiger partial charge in [0, 0.05) is 18.4 Å². The Bertz CT molecular complexity index is 1990. The van der Waals surface area contributed by atoms with E-state index in [0.717, 1.165) is 44.9 Å². The number of nitrogens with one attached hydrogen (secondary N) is 3. The summed E-state index contributed by atoms with van der Waals surface area (Å²) in [6.45, 7) is 0.00466. The van der Waals surface area contributed by atoms with E-state index >= 15 is 0 Å². The van der Waals surface area contributed by atoms with Crippen LogP contribution < -0.4 is 24.8 Å². The molecule has 16 heteroatoms. The first-order valence-corrected chi connectivity index (χ1v) is 21.4. The average Bonchev–Trinajstić information content (AvgIpc) is 4.09. The van der Waals surface area contributed by atoms with Crippen LogP contribution in [0.25, 0.3) is 11.0 Å². The van der Waals surface area contributed by atoms with Crippen LogP contribution in [-0.4, -0.2) is 95.8 Å². The molecule has 1 aromatic heterocycles. The van der Waals surface area contributed by atoms with Crippen LogP contribution in [0.2, 0.25) is 0 Å². The number of methoxy groups -OCH3 is 1. The molecule has 4 amide bonds. The van der Waals surface area contributed by atoms with Crippen molar-refractivity contribution in [3.8, 4) is 11.6 Å². The number of carbonyl (C=O) groups excluding carboxylic acids is 4. The Morgan fingerprint density at radius 1 is 0.982 bits per heavy atom. The molecular formula is C39H50N6O9S. The summed E-state index contributed by atoms with van der Waals surface area (Å²) in [4.78, 5) is 67.2. The van der Waals surface area contributed by atoms with Gasteiger partial charge in [0.2, 0.25) is 27.7 Å². The Labute approximate surface area is 320 Å². The van der Waals surface area contributed by atoms with Crippen LogP contribution in [0.1, 0.15) is 95.6 Å². The lowest BCUT2D eigenvalue weighted by molar-refractivity contribution is -0.141. The van der Waals surface area contributed by atoms with Crippen LogP contribution >= 0.6 is 0 Å². The SMILES string of the molecule is COc1ccc2nc3c(nc2c1)O[C@@H]1C[C@H]2C(=O)N[C@@]4(C(=O)NS(=O)(=O)C5CC5)C[C@@H]4/C=C\CCCCC[C@H](NC(=O)O[C@@H]4C[C@H]4CCCCC3)C(=O)N2C1. The van der Waals surface area contributed by atoms with E-state index in [-0.39, 0.29) is 31.4 Å². The Morgan fingerprint density at radius 3 is 2.62 bits per heavy atom. The van der Waals surface area contributed by atoms with Crippen molar-refractivity contribution in [2.75, 3.05) is 13.7 Å². The number of hydrogen-bond acceptors (Lipinski definition) is 11. The molecule has 8 rings (SSSR count). The van der Waals surface area contributed by atoms with Crippen molar-refractivity contribution >= 4 is 44.9 Å². The summed E-state index contributed by atoms with van der Waals surface area (Å²) in [6, 6.07) is 3.41. The van der Waals surface area contributed by atoms with Gasteiger partial charge < -0.3 is 29.7 Å². The normalized spacial score (nSPS) is 32.3. The Morgan fingerprint density at radius 2 is 1.80 bits per heavy atom. The maximum absolute atomic E-state index is 14.6. The van der Waals surface area contributed by atoms with E-state index in [4.69, 9.17) is 24.2 Å². The lowest BCUT2D eigenvalue weighted by atomic mass is 10.0. The monoisotopic (exact) mass is 778 g/mol. The van der Waals surface area contributed by atoms with Gasteiger partial charge in [-0.1, -0.05) is 37.8 Å². The van der Waals surface area contributed by atoms with E-state index in [0.29, 0.717) is 66.9 Å². The molecule has 6 aliphatic rings. The van der Waals surface area contributed by atoms with Gasteiger partial charge in [0.15, 0.2) is 0 Å². The standard InChI is InChI=1S/C39H50N6O9S/c1-52-25-14-17-28-31(19-25)41-35-29(40-28)12-9-5-6-10-23-18-33(23)54-38(49)42-30-13-8-4-2-3-7-11-24-21-39(24,37(48)44-55(50,51)27-15-16-27)43-34(46)32-20-26(53-35)22-45(32)36(30)47/h7,11,14,17,19,23-24,26-27,30,32-33H,2-6,8-10,12-13,15-16,18,20-22H2,1H3,(H,42,49)(H,43,46)(H,44,48)/b11-7-/t23-,24+,26-,30+,32+,33-,39+/m1/s1. The predicted octanol–water partition coefficient (Wildman–Crippen LogP) is 3.59. The van der Waals surface area contributed by atoms with E-state index in [1.54, 1.807) is 13.2 Å². The second-order valence-electron chi connectivity index (χ2n) is 16.1. The molecule has 296 valence electrons. The number of fused-ring (bicyclic) bond motifs is 6. The molecule has 3 bridgehead atoms. The summed E-state index contributed by atoms with van der Waals surface area (Å²) in [5, 5.41) is 5.11. The average molecular weight is 779 g/mol. The molecule has 3 saturated carbocycles. The highest BCUT2D eigenvalue weighted by molar-refractivity contribution is 7.91. The zero-order chi connectivity index (χ0) is 38.3. The van der Waals surface area contributed by atoms with Crippen molar-refractivity contribution in [2.45, 2.75) is 131 Å². The molecule has 3 aliphatic heterocycles. The van der Waals surface area contributed by atoms with E-state index in [2.05, 4.69) is 15.4 Å². The first kappa shape index (κ1) is 37.5. The number of hydrogen-bond donors (Lipinski definition) is 3. The number of aryl methyl sites for hydroxylation is 1. The number of rotatable bonds is 4. The second-order valence-corrected chi connectivity index (χ2v) is 18.0. The summed E-state index contributed by atoms with van der Waals surface area (Å²) in [5.41, 5.74) is 0.451. The number of ether oxygens (including phenoxy) is 3. The van der Waals surface area contributed by atoms with Crippen molar-refractivity contribution in [2.24, 2.45) is 11.8 Å². The number of nitrogens with zero attached hydrogens (tertiary/aromatic N) is 3. The van der Waals surface area contributed by atoms with E-state index in [9.17, 15) is 27.6 Å². The summed E-state index contributed by atoms with van der Waals surface area (Å²) in [6.07, 6.45) is 11.9. The van der Waals surface area contributed by atoms with Gasteiger partial charge in [-0.3, -0.25) is 19.1 Å². The quantitative estimate of drug-likeness (QED) is 0.384. The van der Waals surface area contributed by atoms with Gasteiger partial charge in [-0.05, 0) is 82.3 Å². The molecule has 1 saturated heterocycles. The highest BCUT2D eigenvalue weighted by Crippen LogP contribution is 2.46. The van der Waals surface area contributed by atoms with Crippen LogP contribution in [-0.2, 0) is 35.6 Å². The Kier molecular flexibility index (Phi) is 10.4. The second kappa shape index (κ2) is 15.2. The maximum atomic E-state index is 14.6. The van der Waals surface area contributed by atoms with Crippen LogP contribution in [0, 0.1) is 11.8 Å². The topological polar surface area (TPSA) is 195 Å². The molecule has 1 aromatic carbocycles. The van der Waals surface area contributed by atoms with Gasteiger partial charge in [0.25, 0.3) is 5.91 Å². The molecule has 7 atom stereocenters. The zero-order valence-corrected chi connectivity index (χ0v) is 32.0. The number of amides is 4. The van der Waals surface area contributed by atoms with Gasteiger partial charge in [0.1, 0.15) is 41.3 Å². The first-order valence-electron chi connectivity index (χ1n) is 19.9. The minimum absolute atomic E-state index is 0.00466. The minimum atomic E-state index is -3.89. The van der Waals surface area contributed by atoms with Crippen LogP contribution in [0.15, 0.2) is 30.4 Å². The molecule has 0 spiro atoms.